The summed E-state index contributed by atoms with van der Waals surface area (Å²) in [6.45, 7) is 9.51. The molecule has 0 spiro atoms. The lowest BCUT2D eigenvalue weighted by molar-refractivity contribution is 0.159. The lowest BCUT2D eigenvalue weighted by Crippen LogP contribution is -2.41. The SMILES string of the molecule is CCNC(=NCc1ccn(C)c1)NCCCN1CCCCC1C.I. The van der Waals surface area contributed by atoms with Crippen LogP contribution < -0.4 is 10.6 Å². The third-order valence-corrected chi connectivity index (χ3v) is 4.51. The van der Waals surface area contributed by atoms with Gasteiger partial charge in [-0.15, -0.1) is 24.0 Å². The van der Waals surface area contributed by atoms with Gasteiger partial charge in [-0.3, -0.25) is 0 Å². The molecule has 0 bridgehead atoms. The predicted molar refractivity (Wildman–Crippen MR) is 113 cm³/mol. The number of hydrogen-bond donors (Lipinski definition) is 2. The van der Waals surface area contributed by atoms with Crippen molar-refractivity contribution in [3.05, 3.63) is 24.0 Å². The largest absolute Gasteiger partial charge is 0.357 e. The first-order valence-corrected chi connectivity index (χ1v) is 9.06. The van der Waals surface area contributed by atoms with Crippen LogP contribution in [-0.4, -0.2) is 47.6 Å². The number of hydrogen-bond acceptors (Lipinski definition) is 2. The third-order valence-electron chi connectivity index (χ3n) is 4.51. The molecular formula is C18H34IN5. The zero-order chi connectivity index (χ0) is 16.5. The minimum absolute atomic E-state index is 0. The fraction of sp³-hybridized carbons (Fsp3) is 0.722. The number of aliphatic imine (C=N–C) groups is 1. The summed E-state index contributed by atoms with van der Waals surface area (Å²) >= 11 is 0. The van der Waals surface area contributed by atoms with E-state index in [-0.39, 0.29) is 24.0 Å². The molecule has 6 heteroatoms. The van der Waals surface area contributed by atoms with Crippen LogP contribution in [0.3, 0.4) is 0 Å². The van der Waals surface area contributed by atoms with Crippen LogP contribution in [0, 0.1) is 0 Å². The zero-order valence-electron chi connectivity index (χ0n) is 15.4. The molecule has 1 saturated heterocycles. The van der Waals surface area contributed by atoms with Gasteiger partial charge in [-0.05, 0) is 51.3 Å². The quantitative estimate of drug-likeness (QED) is 0.293. The summed E-state index contributed by atoms with van der Waals surface area (Å²) in [4.78, 5) is 7.29. The second-order valence-electron chi connectivity index (χ2n) is 6.54. The van der Waals surface area contributed by atoms with Gasteiger partial charge in [0, 0.05) is 45.1 Å². The van der Waals surface area contributed by atoms with Crippen molar-refractivity contribution in [1.82, 2.24) is 20.1 Å². The van der Waals surface area contributed by atoms with E-state index >= 15 is 0 Å². The first-order valence-electron chi connectivity index (χ1n) is 9.06. The summed E-state index contributed by atoms with van der Waals surface area (Å²) in [7, 11) is 2.04. The normalized spacial score (nSPS) is 19.0. The molecule has 24 heavy (non-hydrogen) atoms. The van der Waals surface area contributed by atoms with Crippen molar-refractivity contribution in [3.63, 3.8) is 0 Å². The van der Waals surface area contributed by atoms with Gasteiger partial charge in [0.15, 0.2) is 5.96 Å². The maximum absolute atomic E-state index is 4.66. The molecule has 0 aliphatic carbocycles. The second kappa shape index (κ2) is 11.7. The lowest BCUT2D eigenvalue weighted by atomic mass is 10.0. The molecule has 1 unspecified atom stereocenters. The molecule has 1 atom stereocenters. The number of halogens is 1. The van der Waals surface area contributed by atoms with Crippen LogP contribution in [0.4, 0.5) is 0 Å². The summed E-state index contributed by atoms with van der Waals surface area (Å²) < 4.78 is 2.06. The van der Waals surface area contributed by atoms with Gasteiger partial charge in [-0.2, -0.15) is 0 Å². The van der Waals surface area contributed by atoms with Gasteiger partial charge in [-0.1, -0.05) is 6.42 Å². The van der Waals surface area contributed by atoms with E-state index in [2.05, 4.69) is 57.4 Å². The number of aryl methyl sites for hydroxylation is 1. The number of likely N-dealkylation sites (tertiary alicyclic amines) is 1. The van der Waals surface area contributed by atoms with Crippen LogP contribution in [0.15, 0.2) is 23.5 Å². The van der Waals surface area contributed by atoms with Crippen molar-refractivity contribution >= 4 is 29.9 Å². The highest BCUT2D eigenvalue weighted by Gasteiger charge is 2.17. The Morgan fingerprint density at radius 1 is 1.33 bits per heavy atom. The molecule has 1 aromatic heterocycles. The Balaban J connectivity index is 0.00000288. The van der Waals surface area contributed by atoms with Gasteiger partial charge < -0.3 is 20.1 Å². The van der Waals surface area contributed by atoms with Crippen molar-refractivity contribution in [1.29, 1.82) is 0 Å². The van der Waals surface area contributed by atoms with Crippen LogP contribution in [0.2, 0.25) is 0 Å². The molecule has 1 aromatic rings. The summed E-state index contributed by atoms with van der Waals surface area (Å²) in [5.41, 5.74) is 1.24. The van der Waals surface area contributed by atoms with Gasteiger partial charge >= 0.3 is 0 Å². The molecule has 1 fully saturated rings. The second-order valence-corrected chi connectivity index (χ2v) is 6.54. The Kier molecular flexibility index (Phi) is 10.4. The van der Waals surface area contributed by atoms with E-state index in [9.17, 15) is 0 Å². The van der Waals surface area contributed by atoms with Crippen molar-refractivity contribution in [2.45, 2.75) is 52.1 Å². The van der Waals surface area contributed by atoms with Crippen LogP contribution in [0.5, 0.6) is 0 Å². The first kappa shape index (κ1) is 21.3. The van der Waals surface area contributed by atoms with Crippen LogP contribution in [0.25, 0.3) is 0 Å². The van der Waals surface area contributed by atoms with E-state index in [1.54, 1.807) is 0 Å². The Labute approximate surface area is 164 Å². The highest BCUT2D eigenvalue weighted by molar-refractivity contribution is 14.0. The average molecular weight is 447 g/mol. The van der Waals surface area contributed by atoms with Crippen molar-refractivity contribution in [2.24, 2.45) is 12.0 Å². The van der Waals surface area contributed by atoms with Crippen molar-refractivity contribution < 1.29 is 0 Å². The Morgan fingerprint density at radius 3 is 2.83 bits per heavy atom. The van der Waals surface area contributed by atoms with Crippen LogP contribution in [-0.2, 0) is 13.6 Å². The standard InChI is InChI=1S/C18H33N5.HI/c1-4-19-18(21-14-17-9-13-22(3)15-17)20-10-7-12-23-11-6-5-8-16(23)2;/h9,13,15-16H,4-8,10-12,14H2,1-3H3,(H2,19,20,21);1H. The third kappa shape index (κ3) is 7.42. The van der Waals surface area contributed by atoms with E-state index in [0.717, 1.165) is 31.6 Å². The molecule has 138 valence electrons. The fourth-order valence-corrected chi connectivity index (χ4v) is 3.15. The number of aromatic nitrogens is 1. The van der Waals surface area contributed by atoms with Gasteiger partial charge in [0.1, 0.15) is 0 Å². The minimum Gasteiger partial charge on any atom is -0.357 e. The number of nitrogens with zero attached hydrogens (tertiary/aromatic N) is 3. The Bertz CT molecular complexity index is 486. The van der Waals surface area contributed by atoms with E-state index in [0.29, 0.717) is 0 Å². The van der Waals surface area contributed by atoms with Gasteiger partial charge in [-0.25, -0.2) is 4.99 Å². The Hall–Kier alpha value is -0.760. The van der Waals surface area contributed by atoms with Gasteiger partial charge in [0.05, 0.1) is 6.54 Å². The molecule has 1 aliphatic heterocycles. The number of nitrogens with one attached hydrogen (secondary N) is 2. The summed E-state index contributed by atoms with van der Waals surface area (Å²) in [5, 5.41) is 6.78. The van der Waals surface area contributed by atoms with E-state index in [1.165, 1.54) is 44.3 Å². The predicted octanol–water partition coefficient (Wildman–Crippen LogP) is 2.96. The van der Waals surface area contributed by atoms with Gasteiger partial charge in [0.2, 0.25) is 0 Å². The Morgan fingerprint density at radius 2 is 2.17 bits per heavy atom. The maximum atomic E-state index is 4.66. The van der Waals surface area contributed by atoms with Crippen molar-refractivity contribution in [3.8, 4) is 0 Å². The molecule has 0 amide bonds. The number of piperidine rings is 1. The lowest BCUT2D eigenvalue weighted by Gasteiger charge is -2.33. The smallest absolute Gasteiger partial charge is 0.191 e. The molecule has 0 aromatic carbocycles. The van der Waals surface area contributed by atoms with E-state index in [1.807, 2.05) is 7.05 Å². The summed E-state index contributed by atoms with van der Waals surface area (Å²) in [6, 6.07) is 2.87. The van der Waals surface area contributed by atoms with E-state index < -0.39 is 0 Å². The van der Waals surface area contributed by atoms with Gasteiger partial charge in [0.25, 0.3) is 0 Å². The highest BCUT2D eigenvalue weighted by Crippen LogP contribution is 2.15. The number of rotatable bonds is 7. The molecule has 5 nitrogen and oxygen atoms in total. The maximum Gasteiger partial charge on any atom is 0.191 e. The fourth-order valence-electron chi connectivity index (χ4n) is 3.15. The molecule has 2 heterocycles. The zero-order valence-corrected chi connectivity index (χ0v) is 17.8. The molecule has 2 N–H and O–H groups in total. The molecule has 0 radical (unpaired) electrons. The average Bonchev–Trinajstić information content (AvgIpc) is 2.96. The molecular weight excluding hydrogens is 413 g/mol. The topological polar surface area (TPSA) is 44.6 Å². The minimum atomic E-state index is 0. The summed E-state index contributed by atoms with van der Waals surface area (Å²) in [6.07, 6.45) is 9.45. The van der Waals surface area contributed by atoms with Crippen molar-refractivity contribution in [2.75, 3.05) is 26.2 Å². The summed E-state index contributed by atoms with van der Waals surface area (Å²) in [5.74, 6) is 0.919. The molecule has 0 saturated carbocycles. The van der Waals surface area contributed by atoms with Crippen LogP contribution >= 0.6 is 24.0 Å². The van der Waals surface area contributed by atoms with Crippen LogP contribution in [0.1, 0.15) is 45.1 Å². The molecule has 1 aliphatic rings. The monoisotopic (exact) mass is 447 g/mol. The first-order chi connectivity index (χ1) is 11.2. The number of guanidine groups is 1. The highest BCUT2D eigenvalue weighted by atomic mass is 127. The molecule has 2 rings (SSSR count). The van der Waals surface area contributed by atoms with E-state index in [4.69, 9.17) is 0 Å².